The molecule has 2 nitrogen and oxygen atoms in total. The molecule has 0 aliphatic carbocycles. The smallest absolute Gasteiger partial charge is 0.123 e. The van der Waals surface area contributed by atoms with Gasteiger partial charge in [0, 0.05) is 6.07 Å². The Balaban J connectivity index is 1.97. The van der Waals surface area contributed by atoms with E-state index in [4.69, 9.17) is 9.47 Å². The van der Waals surface area contributed by atoms with Crippen molar-refractivity contribution >= 4 is 0 Å². The largest absolute Gasteiger partial charge is 0.493 e. The SMILES string of the molecule is [CH2]Cc1cc(OCCCCCCCCCCCCCCCCC)cc(OCCCCCCCCCCCCCCCCC)c1. The molecule has 0 saturated heterocycles. The highest BCUT2D eigenvalue weighted by atomic mass is 16.5. The van der Waals surface area contributed by atoms with Crippen LogP contribution in [0, 0.1) is 6.92 Å². The lowest BCUT2D eigenvalue weighted by Crippen LogP contribution is -2.01. The van der Waals surface area contributed by atoms with Gasteiger partial charge in [0.2, 0.25) is 0 Å². The first kappa shape index (κ1) is 40.8. The van der Waals surface area contributed by atoms with Crippen LogP contribution in [-0.4, -0.2) is 13.2 Å². The number of unbranched alkanes of at least 4 members (excludes halogenated alkanes) is 28. The van der Waals surface area contributed by atoms with E-state index in [0.29, 0.717) is 0 Å². The monoisotopic (exact) mass is 614 g/mol. The zero-order chi connectivity index (χ0) is 31.6. The number of rotatable bonds is 35. The molecule has 1 aromatic rings. The van der Waals surface area contributed by atoms with Crippen molar-refractivity contribution in [2.45, 2.75) is 213 Å². The zero-order valence-corrected chi connectivity index (χ0v) is 30.1. The maximum atomic E-state index is 6.13. The molecule has 0 aliphatic heterocycles. The van der Waals surface area contributed by atoms with Crippen LogP contribution in [0.15, 0.2) is 18.2 Å². The van der Waals surface area contributed by atoms with Crippen LogP contribution < -0.4 is 9.47 Å². The lowest BCUT2D eigenvalue weighted by atomic mass is 10.0. The van der Waals surface area contributed by atoms with Crippen LogP contribution in [0.4, 0.5) is 0 Å². The van der Waals surface area contributed by atoms with Crippen LogP contribution in [0.5, 0.6) is 11.5 Å². The predicted molar refractivity (Wildman–Crippen MR) is 196 cm³/mol. The van der Waals surface area contributed by atoms with E-state index in [1.807, 2.05) is 0 Å². The van der Waals surface area contributed by atoms with E-state index in [-0.39, 0.29) is 0 Å². The lowest BCUT2D eigenvalue weighted by Gasteiger charge is -2.12. The Hall–Kier alpha value is -1.18. The normalized spacial score (nSPS) is 11.3. The first-order valence-electron chi connectivity index (χ1n) is 20.0. The van der Waals surface area contributed by atoms with Crippen molar-refractivity contribution in [1.82, 2.24) is 0 Å². The molecule has 0 bridgehead atoms. The van der Waals surface area contributed by atoms with Gasteiger partial charge in [0.05, 0.1) is 13.2 Å². The molecule has 0 fully saturated rings. The van der Waals surface area contributed by atoms with Crippen LogP contribution in [-0.2, 0) is 6.42 Å². The van der Waals surface area contributed by atoms with Crippen LogP contribution in [0.2, 0.25) is 0 Å². The molecule has 1 rings (SSSR count). The highest BCUT2D eigenvalue weighted by Crippen LogP contribution is 2.24. The van der Waals surface area contributed by atoms with E-state index in [0.717, 1.165) is 44.0 Å². The molecule has 0 unspecified atom stereocenters. The second kappa shape index (κ2) is 33.2. The Morgan fingerprint density at radius 2 is 0.614 bits per heavy atom. The quantitative estimate of drug-likeness (QED) is 0.0709. The minimum atomic E-state index is 0.769. The molecule has 0 aliphatic rings. The van der Waals surface area contributed by atoms with Crippen molar-refractivity contribution in [2.75, 3.05) is 13.2 Å². The minimum Gasteiger partial charge on any atom is -0.493 e. The third-order valence-electron chi connectivity index (χ3n) is 9.26. The summed E-state index contributed by atoms with van der Waals surface area (Å²) in [7, 11) is 0. The lowest BCUT2D eigenvalue weighted by molar-refractivity contribution is 0.289. The van der Waals surface area contributed by atoms with Gasteiger partial charge in [-0.25, -0.2) is 0 Å². The maximum Gasteiger partial charge on any atom is 0.123 e. The summed E-state index contributed by atoms with van der Waals surface area (Å²) >= 11 is 0. The molecule has 0 amide bonds. The summed E-state index contributed by atoms with van der Waals surface area (Å²) in [6.45, 7) is 10.3. The Labute approximate surface area is 277 Å². The number of hydrogen-bond donors (Lipinski definition) is 0. The summed E-state index contributed by atoms with van der Waals surface area (Å²) in [5, 5.41) is 0. The molecular weight excluding hydrogens is 536 g/mol. The molecule has 0 N–H and O–H groups in total. The third-order valence-corrected chi connectivity index (χ3v) is 9.26. The van der Waals surface area contributed by atoms with Gasteiger partial charge in [0.15, 0.2) is 0 Å². The molecule has 0 heterocycles. The Kier molecular flexibility index (Phi) is 30.8. The van der Waals surface area contributed by atoms with Crippen LogP contribution in [0.25, 0.3) is 0 Å². The Morgan fingerprint density at radius 1 is 0.364 bits per heavy atom. The first-order chi connectivity index (χ1) is 21.8. The summed E-state index contributed by atoms with van der Waals surface area (Å²) in [4.78, 5) is 0. The summed E-state index contributed by atoms with van der Waals surface area (Å²) in [6, 6.07) is 6.35. The van der Waals surface area contributed by atoms with Crippen molar-refractivity contribution in [3.05, 3.63) is 30.7 Å². The fourth-order valence-corrected chi connectivity index (χ4v) is 6.27. The van der Waals surface area contributed by atoms with E-state index in [9.17, 15) is 0 Å². The van der Waals surface area contributed by atoms with Gasteiger partial charge in [-0.3, -0.25) is 0 Å². The van der Waals surface area contributed by atoms with E-state index < -0.39 is 0 Å². The molecule has 257 valence electrons. The van der Waals surface area contributed by atoms with Gasteiger partial charge in [-0.15, -0.1) is 0 Å². The standard InChI is InChI=1S/C42H77O2/c1-4-7-9-11-13-15-17-19-21-23-25-27-29-31-33-35-43-41-37-40(6-3)38-42(39-41)44-36-34-32-30-28-26-24-22-20-18-16-14-12-10-8-5-2/h37-39H,3-36H2,1-2H3. The van der Waals surface area contributed by atoms with E-state index in [2.05, 4.69) is 39.0 Å². The van der Waals surface area contributed by atoms with Crippen molar-refractivity contribution in [1.29, 1.82) is 0 Å². The molecule has 0 spiro atoms. The second-order valence-corrected chi connectivity index (χ2v) is 13.7. The fourth-order valence-electron chi connectivity index (χ4n) is 6.27. The number of hydrogen-bond acceptors (Lipinski definition) is 2. The van der Waals surface area contributed by atoms with Gasteiger partial charge in [0.1, 0.15) is 11.5 Å². The summed E-state index contributed by atoms with van der Waals surface area (Å²) in [6.07, 6.45) is 42.5. The summed E-state index contributed by atoms with van der Waals surface area (Å²) < 4.78 is 12.3. The predicted octanol–water partition coefficient (Wildman–Crippen LogP) is 14.6. The van der Waals surface area contributed by atoms with Crippen molar-refractivity contribution in [2.24, 2.45) is 0 Å². The second-order valence-electron chi connectivity index (χ2n) is 13.7. The van der Waals surface area contributed by atoms with Gasteiger partial charge < -0.3 is 9.47 Å². The van der Waals surface area contributed by atoms with Gasteiger partial charge in [0.25, 0.3) is 0 Å². The average molecular weight is 614 g/mol. The average Bonchev–Trinajstić information content (AvgIpc) is 3.04. The first-order valence-corrected chi connectivity index (χ1v) is 20.0. The Bertz CT molecular complexity index is 645. The number of benzene rings is 1. The van der Waals surface area contributed by atoms with Crippen molar-refractivity contribution in [3.63, 3.8) is 0 Å². The van der Waals surface area contributed by atoms with E-state index in [1.165, 1.54) is 185 Å². The maximum absolute atomic E-state index is 6.13. The van der Waals surface area contributed by atoms with Crippen molar-refractivity contribution in [3.8, 4) is 11.5 Å². The molecule has 0 saturated carbocycles. The molecule has 0 atom stereocenters. The van der Waals surface area contributed by atoms with Crippen molar-refractivity contribution < 1.29 is 9.47 Å². The molecule has 1 radical (unpaired) electrons. The van der Waals surface area contributed by atoms with Gasteiger partial charge >= 0.3 is 0 Å². The van der Waals surface area contributed by atoms with Gasteiger partial charge in [-0.05, 0) is 43.9 Å². The van der Waals surface area contributed by atoms with Gasteiger partial charge in [-0.2, -0.15) is 0 Å². The highest BCUT2D eigenvalue weighted by Gasteiger charge is 2.04. The Morgan fingerprint density at radius 3 is 0.864 bits per heavy atom. The minimum absolute atomic E-state index is 0.769. The topological polar surface area (TPSA) is 18.5 Å². The number of ether oxygens (including phenoxy) is 2. The summed E-state index contributed by atoms with van der Waals surface area (Å²) in [5.41, 5.74) is 1.20. The molecule has 44 heavy (non-hydrogen) atoms. The zero-order valence-electron chi connectivity index (χ0n) is 30.1. The van der Waals surface area contributed by atoms with Gasteiger partial charge in [-0.1, -0.05) is 194 Å². The summed E-state index contributed by atoms with van der Waals surface area (Å²) in [5.74, 6) is 1.89. The molecule has 1 aromatic carbocycles. The highest BCUT2D eigenvalue weighted by molar-refractivity contribution is 5.38. The molecule has 2 heteroatoms. The third kappa shape index (κ3) is 27.2. The fraction of sp³-hybridized carbons (Fsp3) is 0.833. The molecular formula is C42H77O2. The van der Waals surface area contributed by atoms with E-state index in [1.54, 1.807) is 0 Å². The van der Waals surface area contributed by atoms with E-state index >= 15 is 0 Å². The van der Waals surface area contributed by atoms with Crippen LogP contribution in [0.1, 0.15) is 212 Å². The van der Waals surface area contributed by atoms with Crippen LogP contribution >= 0.6 is 0 Å². The molecule has 0 aromatic heterocycles. The van der Waals surface area contributed by atoms with Crippen LogP contribution in [0.3, 0.4) is 0 Å².